The summed E-state index contributed by atoms with van der Waals surface area (Å²) < 4.78 is 20.9. The summed E-state index contributed by atoms with van der Waals surface area (Å²) in [5.41, 5.74) is -0.740. The van der Waals surface area contributed by atoms with Gasteiger partial charge in [0.2, 0.25) is 0 Å². The Kier molecular flexibility index (Phi) is 9.29. The van der Waals surface area contributed by atoms with Gasteiger partial charge in [0.05, 0.1) is 13.1 Å². The Morgan fingerprint density at radius 2 is 1.03 bits per heavy atom. The number of carbonyl (C=O) groups is 4. The normalized spacial score (nSPS) is 20.1. The van der Waals surface area contributed by atoms with Crippen LogP contribution in [0.1, 0.15) is 41.5 Å². The molecule has 0 heterocycles. The summed E-state index contributed by atoms with van der Waals surface area (Å²) in [5.74, 6) is -1.07. The summed E-state index contributed by atoms with van der Waals surface area (Å²) in [7, 11) is 0. The minimum absolute atomic E-state index is 0.00810. The Morgan fingerprint density at radius 1 is 0.719 bits per heavy atom. The smallest absolute Gasteiger partial charge is 0.407 e. The largest absolute Gasteiger partial charge is 0.460 e. The molecule has 0 aromatic carbocycles. The number of esters is 2. The Morgan fingerprint density at radius 3 is 1.31 bits per heavy atom. The second-order valence-corrected chi connectivity index (χ2v) is 8.90. The van der Waals surface area contributed by atoms with E-state index in [1.54, 1.807) is 0 Å². The highest BCUT2D eigenvalue weighted by atomic mass is 16.6. The second kappa shape index (κ2) is 11.0. The third-order valence-electron chi connectivity index (χ3n) is 5.06. The van der Waals surface area contributed by atoms with Crippen molar-refractivity contribution in [2.24, 2.45) is 10.8 Å². The zero-order valence-corrected chi connectivity index (χ0v) is 19.7. The van der Waals surface area contributed by atoms with Gasteiger partial charge in [-0.05, 0) is 13.8 Å². The van der Waals surface area contributed by atoms with E-state index in [1.807, 2.05) is 27.7 Å². The standard InChI is InChI=1S/C22H34N2O8/c1-13(2)15(25)29-11-9-23-19(27)31-17-21(5,6)18(22(17,7)8)32-20(28)24-10-12-30-16(26)14(3)4/h17-18H,1,3,9-12H2,2,4-8H3,(H,23,27)(H,24,28)/t17-,18+. The lowest BCUT2D eigenvalue weighted by Gasteiger charge is -2.61. The van der Waals surface area contributed by atoms with Crippen molar-refractivity contribution in [2.75, 3.05) is 26.3 Å². The molecule has 10 nitrogen and oxygen atoms in total. The molecule has 0 saturated heterocycles. The molecular weight excluding hydrogens is 420 g/mol. The van der Waals surface area contributed by atoms with Crippen molar-refractivity contribution in [3.8, 4) is 0 Å². The Hall–Kier alpha value is -3.04. The van der Waals surface area contributed by atoms with Crippen LogP contribution in [-0.2, 0) is 28.5 Å². The predicted octanol–water partition coefficient (Wildman–Crippen LogP) is 2.48. The van der Waals surface area contributed by atoms with Gasteiger partial charge in [-0.1, -0.05) is 40.9 Å². The molecule has 0 aromatic rings. The number of rotatable bonds is 10. The number of hydrogen-bond donors (Lipinski definition) is 2. The van der Waals surface area contributed by atoms with Crippen LogP contribution >= 0.6 is 0 Å². The van der Waals surface area contributed by atoms with Crippen molar-refractivity contribution in [2.45, 2.75) is 53.8 Å². The van der Waals surface area contributed by atoms with Gasteiger partial charge in [0.15, 0.2) is 0 Å². The van der Waals surface area contributed by atoms with Gasteiger partial charge in [0.1, 0.15) is 25.4 Å². The average Bonchev–Trinajstić information content (AvgIpc) is 2.69. The molecule has 1 rings (SSSR count). The number of alkyl carbamates (subject to hydrolysis) is 2. The first-order chi connectivity index (χ1) is 14.7. The zero-order valence-electron chi connectivity index (χ0n) is 19.7. The SMILES string of the molecule is C=C(C)C(=O)OCCNC(=O)O[C@H]1C(C)(C)[C@@H](OC(=O)NCCOC(=O)C(=C)C)C1(C)C. The van der Waals surface area contributed by atoms with Gasteiger partial charge in [-0.3, -0.25) is 0 Å². The second-order valence-electron chi connectivity index (χ2n) is 8.90. The monoisotopic (exact) mass is 454 g/mol. The molecule has 1 aliphatic carbocycles. The fourth-order valence-corrected chi connectivity index (χ4v) is 3.84. The maximum Gasteiger partial charge on any atom is 0.407 e. The Bertz CT molecular complexity index is 696. The van der Waals surface area contributed by atoms with E-state index >= 15 is 0 Å². The van der Waals surface area contributed by atoms with Crippen LogP contribution in [0.3, 0.4) is 0 Å². The van der Waals surface area contributed by atoms with Crippen LogP contribution in [0.5, 0.6) is 0 Å². The number of ether oxygens (including phenoxy) is 4. The summed E-state index contributed by atoms with van der Waals surface area (Å²) in [5, 5.41) is 5.05. The van der Waals surface area contributed by atoms with E-state index in [1.165, 1.54) is 13.8 Å². The summed E-state index contributed by atoms with van der Waals surface area (Å²) in [6.45, 7) is 17.5. The highest BCUT2D eigenvalue weighted by Gasteiger charge is 2.66. The highest BCUT2D eigenvalue weighted by Crippen LogP contribution is 2.57. The van der Waals surface area contributed by atoms with Crippen molar-refractivity contribution in [3.63, 3.8) is 0 Å². The molecule has 1 saturated carbocycles. The molecule has 10 heteroatoms. The van der Waals surface area contributed by atoms with E-state index in [2.05, 4.69) is 23.8 Å². The van der Waals surface area contributed by atoms with E-state index in [9.17, 15) is 19.2 Å². The third kappa shape index (κ3) is 7.00. The first-order valence-corrected chi connectivity index (χ1v) is 10.3. The van der Waals surface area contributed by atoms with Crippen LogP contribution in [0.25, 0.3) is 0 Å². The average molecular weight is 455 g/mol. The lowest BCUT2D eigenvalue weighted by atomic mass is 9.51. The summed E-state index contributed by atoms with van der Waals surface area (Å²) >= 11 is 0. The molecule has 0 radical (unpaired) electrons. The quantitative estimate of drug-likeness (QED) is 0.223. The van der Waals surface area contributed by atoms with Gasteiger partial charge in [0.25, 0.3) is 0 Å². The van der Waals surface area contributed by atoms with Crippen LogP contribution < -0.4 is 10.6 Å². The molecule has 1 fully saturated rings. The van der Waals surface area contributed by atoms with E-state index in [0.717, 1.165) is 0 Å². The summed E-state index contributed by atoms with van der Waals surface area (Å²) in [6, 6.07) is 0. The Labute approximate surface area is 188 Å². The van der Waals surface area contributed by atoms with Crippen molar-refractivity contribution < 1.29 is 38.1 Å². The minimum Gasteiger partial charge on any atom is -0.460 e. The molecule has 180 valence electrons. The molecule has 32 heavy (non-hydrogen) atoms. The van der Waals surface area contributed by atoms with Crippen LogP contribution in [0.4, 0.5) is 9.59 Å². The van der Waals surface area contributed by atoms with Crippen molar-refractivity contribution in [1.29, 1.82) is 0 Å². The van der Waals surface area contributed by atoms with Crippen molar-refractivity contribution >= 4 is 24.1 Å². The molecule has 2 N–H and O–H groups in total. The molecule has 0 spiro atoms. The molecule has 0 atom stereocenters. The predicted molar refractivity (Wildman–Crippen MR) is 116 cm³/mol. The maximum absolute atomic E-state index is 12.1. The van der Waals surface area contributed by atoms with Crippen molar-refractivity contribution in [1.82, 2.24) is 10.6 Å². The van der Waals surface area contributed by atoms with Gasteiger partial charge in [0, 0.05) is 22.0 Å². The molecule has 2 amide bonds. The van der Waals surface area contributed by atoms with Gasteiger partial charge in [-0.2, -0.15) is 0 Å². The molecule has 0 bridgehead atoms. The number of hydrogen-bond acceptors (Lipinski definition) is 8. The van der Waals surface area contributed by atoms with Gasteiger partial charge in [-0.25, -0.2) is 19.2 Å². The van der Waals surface area contributed by atoms with E-state index < -0.39 is 47.2 Å². The topological polar surface area (TPSA) is 129 Å². The molecule has 0 aliphatic heterocycles. The molecule has 0 aromatic heterocycles. The number of amides is 2. The fraction of sp³-hybridized carbons (Fsp3) is 0.636. The first kappa shape index (κ1) is 27.0. The van der Waals surface area contributed by atoms with Crippen LogP contribution in [-0.4, -0.2) is 62.6 Å². The Balaban J connectivity index is 2.46. The highest BCUT2D eigenvalue weighted by molar-refractivity contribution is 5.87. The van der Waals surface area contributed by atoms with Gasteiger partial charge >= 0.3 is 24.1 Å². The van der Waals surface area contributed by atoms with Crippen LogP contribution in [0, 0.1) is 10.8 Å². The molecule has 0 unspecified atom stereocenters. The lowest BCUT2D eigenvalue weighted by Crippen LogP contribution is -2.70. The first-order valence-electron chi connectivity index (χ1n) is 10.3. The van der Waals surface area contributed by atoms with Crippen molar-refractivity contribution in [3.05, 3.63) is 24.3 Å². The van der Waals surface area contributed by atoms with Crippen LogP contribution in [0.15, 0.2) is 24.3 Å². The zero-order chi connectivity index (χ0) is 24.7. The third-order valence-corrected chi connectivity index (χ3v) is 5.06. The molecular formula is C22H34N2O8. The van der Waals surface area contributed by atoms with Crippen LogP contribution in [0.2, 0.25) is 0 Å². The van der Waals surface area contributed by atoms with E-state index in [-0.39, 0.29) is 37.4 Å². The molecule has 1 aliphatic rings. The lowest BCUT2D eigenvalue weighted by molar-refractivity contribution is -0.244. The number of carbonyl (C=O) groups excluding carboxylic acids is 4. The maximum atomic E-state index is 12.1. The summed E-state index contributed by atoms with van der Waals surface area (Å²) in [4.78, 5) is 46.9. The van der Waals surface area contributed by atoms with Gasteiger partial charge < -0.3 is 29.6 Å². The summed E-state index contributed by atoms with van der Waals surface area (Å²) in [6.07, 6.45) is -2.38. The fourth-order valence-electron chi connectivity index (χ4n) is 3.84. The number of nitrogens with one attached hydrogen (secondary N) is 2. The minimum atomic E-state index is -0.662. The van der Waals surface area contributed by atoms with E-state index in [4.69, 9.17) is 18.9 Å². The van der Waals surface area contributed by atoms with E-state index in [0.29, 0.717) is 0 Å². The van der Waals surface area contributed by atoms with Gasteiger partial charge in [-0.15, -0.1) is 0 Å².